The number of nitrogens with two attached hydrogens (primary N) is 1. The molecular weight excluding hydrogens is 224 g/mol. The highest BCUT2D eigenvalue weighted by Crippen LogP contribution is 2.13. The van der Waals surface area contributed by atoms with Crippen LogP contribution in [0.4, 0.5) is 0 Å². The number of aliphatic hydroxyl groups excluding tert-OH is 2. The fraction of sp³-hybridized carbons (Fsp3) is 1.00. The molecule has 0 aliphatic heterocycles. The predicted octanol–water partition coefficient (Wildman–Crippen LogP) is 1.25. The van der Waals surface area contributed by atoms with Crippen molar-refractivity contribution in [2.24, 2.45) is 11.0 Å². The summed E-state index contributed by atoms with van der Waals surface area (Å²) in [6.07, 6.45) is 1.70. The molecule has 0 saturated heterocycles. The molecule has 0 heterocycles. The lowest BCUT2D eigenvalue weighted by Gasteiger charge is -2.17. The Balaban J connectivity index is 3.81. The van der Waals surface area contributed by atoms with Gasteiger partial charge in [-0.05, 0) is 51.1 Å². The lowest BCUT2D eigenvalue weighted by atomic mass is 10.0. The van der Waals surface area contributed by atoms with Crippen LogP contribution < -0.4 is 5.73 Å². The van der Waals surface area contributed by atoms with Gasteiger partial charge in [-0.15, -0.1) is 0 Å². The zero-order valence-electron chi connectivity index (χ0n) is 10.2. The molecule has 7 heteroatoms. The van der Waals surface area contributed by atoms with Gasteiger partial charge in [0, 0.05) is 4.91 Å². The number of rotatable bonds is 10. The lowest BCUT2D eigenvalue weighted by Crippen LogP contribution is -2.19. The van der Waals surface area contributed by atoms with Crippen molar-refractivity contribution in [1.82, 2.24) is 0 Å². The van der Waals surface area contributed by atoms with Crippen molar-refractivity contribution in [3.05, 3.63) is 10.4 Å². The van der Waals surface area contributed by atoms with Gasteiger partial charge in [-0.3, -0.25) is 0 Å². The van der Waals surface area contributed by atoms with Gasteiger partial charge in [0.1, 0.15) is 11.4 Å². The van der Waals surface area contributed by atoms with E-state index in [0.29, 0.717) is 38.6 Å². The maximum absolute atomic E-state index is 9.64. The van der Waals surface area contributed by atoms with Gasteiger partial charge >= 0.3 is 0 Å². The van der Waals surface area contributed by atoms with Crippen LogP contribution in [-0.4, -0.2) is 35.1 Å². The Labute approximate surface area is 101 Å². The summed E-state index contributed by atoms with van der Waals surface area (Å²) in [4.78, 5) is 7.39. The summed E-state index contributed by atoms with van der Waals surface area (Å²) in [6, 6.07) is 0. The molecule has 0 aliphatic rings. The molecule has 0 bridgehead atoms. The Morgan fingerprint density at radius 2 is 1.88 bits per heavy atom. The quantitative estimate of drug-likeness (QED) is 0.232. The smallest absolute Gasteiger partial charge is 0.111 e. The Kier molecular flexibility index (Phi) is 9.56. The van der Waals surface area contributed by atoms with E-state index in [2.05, 4.69) is 10.2 Å². The Bertz CT molecular complexity index is 232. The molecule has 7 nitrogen and oxygen atoms in total. The van der Waals surface area contributed by atoms with Crippen LogP contribution in [0, 0.1) is 0 Å². The first-order valence-corrected chi connectivity index (χ1v) is 5.86. The zero-order chi connectivity index (χ0) is 13.1. The van der Waals surface area contributed by atoms with E-state index in [4.69, 9.17) is 21.2 Å². The molecule has 100 valence electrons. The van der Waals surface area contributed by atoms with Gasteiger partial charge < -0.3 is 20.8 Å². The first-order chi connectivity index (χ1) is 8.10. The Morgan fingerprint density at radius 3 is 2.41 bits per heavy atom. The second kappa shape index (κ2) is 10.2. The van der Waals surface area contributed by atoms with Crippen molar-refractivity contribution in [2.75, 3.05) is 6.54 Å². The summed E-state index contributed by atoms with van der Waals surface area (Å²) in [5, 5.41) is 21.8. The van der Waals surface area contributed by atoms with Crippen LogP contribution in [0.5, 0.6) is 0 Å². The molecule has 4 N–H and O–H groups in total. The molecule has 0 spiro atoms. The number of nitrogens with zero attached hydrogens (tertiary/aromatic N) is 3. The highest BCUT2D eigenvalue weighted by atomic mass is 16.6. The third-order valence-corrected chi connectivity index (χ3v) is 2.46. The van der Waals surface area contributed by atoms with E-state index in [-0.39, 0.29) is 6.10 Å². The first-order valence-electron chi connectivity index (χ1n) is 5.86. The normalized spacial score (nSPS) is 15.8. The summed E-state index contributed by atoms with van der Waals surface area (Å²) < 4.78 is 0. The molecule has 0 aliphatic carbocycles. The number of hydrogen-bond acceptors (Lipinski definition) is 5. The molecule has 0 radical (unpaired) electrons. The van der Waals surface area contributed by atoms with Crippen LogP contribution in [-0.2, 0) is 4.84 Å². The van der Waals surface area contributed by atoms with Gasteiger partial charge in [-0.1, -0.05) is 0 Å². The van der Waals surface area contributed by atoms with Gasteiger partial charge in [0.25, 0.3) is 0 Å². The third kappa shape index (κ3) is 9.89. The van der Waals surface area contributed by atoms with Crippen LogP contribution in [0.2, 0.25) is 0 Å². The van der Waals surface area contributed by atoms with Gasteiger partial charge in [0.05, 0.1) is 12.2 Å². The van der Waals surface area contributed by atoms with Crippen molar-refractivity contribution in [3.63, 3.8) is 0 Å². The van der Waals surface area contributed by atoms with E-state index in [1.165, 1.54) is 0 Å². The molecule has 0 aromatic rings. The Hall–Kier alpha value is -1.01. The van der Waals surface area contributed by atoms with Crippen molar-refractivity contribution < 1.29 is 15.1 Å². The van der Waals surface area contributed by atoms with Crippen LogP contribution >= 0.6 is 0 Å². The predicted molar refractivity (Wildman–Crippen MR) is 63.8 cm³/mol. The van der Waals surface area contributed by atoms with Crippen LogP contribution in [0.1, 0.15) is 39.0 Å². The maximum atomic E-state index is 9.64. The SMILES string of the molecule is CC(O)CCC(O)CCC(CCN)ON=[N+]=[N-]. The molecule has 0 amide bonds. The highest BCUT2D eigenvalue weighted by molar-refractivity contribution is 4.64. The molecule has 3 unspecified atom stereocenters. The van der Waals surface area contributed by atoms with Crippen molar-refractivity contribution >= 4 is 0 Å². The molecule has 0 fully saturated rings. The minimum Gasteiger partial charge on any atom is -0.430 e. The summed E-state index contributed by atoms with van der Waals surface area (Å²) in [6.45, 7) is 2.13. The molecule has 3 atom stereocenters. The van der Waals surface area contributed by atoms with E-state index < -0.39 is 12.2 Å². The standard InChI is InChI=1S/C10H22N4O3/c1-8(15)2-3-9(16)4-5-10(6-7-11)17-14-13-12/h8-10,15-16H,2-7,11H2,1H3. The van der Waals surface area contributed by atoms with Gasteiger partial charge in [-0.25, -0.2) is 0 Å². The summed E-state index contributed by atoms with van der Waals surface area (Å²) in [5.41, 5.74) is 13.5. The molecule has 17 heavy (non-hydrogen) atoms. The minimum absolute atomic E-state index is 0.253. The third-order valence-electron chi connectivity index (χ3n) is 2.46. The van der Waals surface area contributed by atoms with Crippen molar-refractivity contribution in [3.8, 4) is 0 Å². The van der Waals surface area contributed by atoms with Crippen LogP contribution in [0.15, 0.2) is 5.28 Å². The Morgan fingerprint density at radius 1 is 1.24 bits per heavy atom. The number of azide groups is 1. The van der Waals surface area contributed by atoms with Gasteiger partial charge in [0.2, 0.25) is 0 Å². The lowest BCUT2D eigenvalue weighted by molar-refractivity contribution is 0.0289. The topological polar surface area (TPSA) is 124 Å². The summed E-state index contributed by atoms with van der Waals surface area (Å²) >= 11 is 0. The number of hydrogen-bond donors (Lipinski definition) is 3. The fourth-order valence-corrected chi connectivity index (χ4v) is 1.48. The highest BCUT2D eigenvalue weighted by Gasteiger charge is 2.12. The molecular formula is C10H22N4O3. The second-order valence-corrected chi connectivity index (χ2v) is 4.13. The van der Waals surface area contributed by atoms with Crippen LogP contribution in [0.25, 0.3) is 10.4 Å². The summed E-state index contributed by atoms with van der Waals surface area (Å²) in [5.74, 6) is 0. The van der Waals surface area contributed by atoms with Gasteiger partial charge in [-0.2, -0.15) is 0 Å². The van der Waals surface area contributed by atoms with Crippen molar-refractivity contribution in [1.29, 1.82) is 0 Å². The van der Waals surface area contributed by atoms with E-state index >= 15 is 0 Å². The average Bonchev–Trinajstić information content (AvgIpc) is 2.30. The molecule has 0 saturated carbocycles. The van der Waals surface area contributed by atoms with Crippen LogP contribution in [0.3, 0.4) is 0 Å². The van der Waals surface area contributed by atoms with E-state index in [1.54, 1.807) is 6.92 Å². The maximum Gasteiger partial charge on any atom is 0.111 e. The zero-order valence-corrected chi connectivity index (χ0v) is 10.2. The van der Waals surface area contributed by atoms with Gasteiger partial charge in [0.15, 0.2) is 0 Å². The fourth-order valence-electron chi connectivity index (χ4n) is 1.48. The monoisotopic (exact) mass is 246 g/mol. The van der Waals surface area contributed by atoms with E-state index in [0.717, 1.165) is 0 Å². The summed E-state index contributed by atoms with van der Waals surface area (Å²) in [7, 11) is 0. The molecule has 0 rings (SSSR count). The first kappa shape index (κ1) is 16.0. The molecule has 0 aromatic carbocycles. The molecule has 0 aromatic heterocycles. The minimum atomic E-state index is -0.473. The number of aliphatic hydroxyl groups is 2. The largest absolute Gasteiger partial charge is 0.430 e. The van der Waals surface area contributed by atoms with Crippen molar-refractivity contribution in [2.45, 2.75) is 57.3 Å². The average molecular weight is 246 g/mol. The van der Waals surface area contributed by atoms with E-state index in [1.807, 2.05) is 0 Å². The van der Waals surface area contributed by atoms with E-state index in [9.17, 15) is 5.11 Å². The second-order valence-electron chi connectivity index (χ2n) is 4.13.